The Morgan fingerprint density at radius 1 is 1.39 bits per heavy atom. The molecule has 0 aromatic heterocycles. The summed E-state index contributed by atoms with van der Waals surface area (Å²) in [6, 6.07) is 8.15. The van der Waals surface area contributed by atoms with Crippen LogP contribution in [0.3, 0.4) is 0 Å². The Morgan fingerprint density at radius 2 is 2.17 bits per heavy atom. The van der Waals surface area contributed by atoms with Gasteiger partial charge in [-0.15, -0.1) is 0 Å². The van der Waals surface area contributed by atoms with E-state index in [1.165, 1.54) is 5.56 Å². The lowest BCUT2D eigenvalue weighted by molar-refractivity contribution is -0.120. The highest BCUT2D eigenvalue weighted by molar-refractivity contribution is 5.95. The topological polar surface area (TPSA) is 49.6 Å². The van der Waals surface area contributed by atoms with Gasteiger partial charge in [0.2, 0.25) is 5.91 Å². The molecule has 18 heavy (non-hydrogen) atoms. The Kier molecular flexibility index (Phi) is 3.99. The number of benzene rings is 1. The summed E-state index contributed by atoms with van der Waals surface area (Å²) < 4.78 is 0. The van der Waals surface area contributed by atoms with E-state index in [0.717, 1.165) is 18.8 Å². The predicted molar refractivity (Wildman–Crippen MR) is 73.8 cm³/mol. The second-order valence-corrected chi connectivity index (χ2v) is 5.01. The SMILES string of the molecule is CC(CN)c1cccc(N2CCN(C)CC2=O)c1. The molecule has 1 saturated heterocycles. The van der Waals surface area contributed by atoms with Crippen LogP contribution in [0.1, 0.15) is 18.4 Å². The Bertz CT molecular complexity index is 433. The Labute approximate surface area is 108 Å². The van der Waals surface area contributed by atoms with Crippen LogP contribution >= 0.6 is 0 Å². The number of anilines is 1. The fourth-order valence-corrected chi connectivity index (χ4v) is 2.20. The quantitative estimate of drug-likeness (QED) is 0.868. The van der Waals surface area contributed by atoms with Crippen molar-refractivity contribution in [1.29, 1.82) is 0 Å². The second-order valence-electron chi connectivity index (χ2n) is 5.01. The highest BCUT2D eigenvalue weighted by Crippen LogP contribution is 2.22. The average molecular weight is 247 g/mol. The molecule has 4 nitrogen and oxygen atoms in total. The molecule has 0 aliphatic carbocycles. The van der Waals surface area contributed by atoms with Gasteiger partial charge in [0.15, 0.2) is 0 Å². The minimum absolute atomic E-state index is 0.168. The summed E-state index contributed by atoms with van der Waals surface area (Å²) in [6.07, 6.45) is 0. The number of nitrogens with zero attached hydrogens (tertiary/aromatic N) is 2. The van der Waals surface area contributed by atoms with Gasteiger partial charge in [-0.1, -0.05) is 19.1 Å². The summed E-state index contributed by atoms with van der Waals surface area (Å²) in [6.45, 7) is 4.90. The molecule has 2 N–H and O–H groups in total. The lowest BCUT2D eigenvalue weighted by atomic mass is 10.0. The van der Waals surface area contributed by atoms with Gasteiger partial charge in [0.1, 0.15) is 0 Å². The Balaban J connectivity index is 2.20. The maximum Gasteiger partial charge on any atom is 0.241 e. The molecule has 1 heterocycles. The van der Waals surface area contributed by atoms with Gasteiger partial charge in [0.05, 0.1) is 6.54 Å². The third-order valence-corrected chi connectivity index (χ3v) is 3.52. The molecule has 0 bridgehead atoms. The molecule has 1 amide bonds. The number of likely N-dealkylation sites (N-methyl/N-ethyl adjacent to an activating group) is 1. The van der Waals surface area contributed by atoms with E-state index < -0.39 is 0 Å². The van der Waals surface area contributed by atoms with Crippen LogP contribution in [-0.2, 0) is 4.79 Å². The number of hydrogen-bond donors (Lipinski definition) is 1. The van der Waals surface area contributed by atoms with E-state index in [4.69, 9.17) is 5.73 Å². The Hall–Kier alpha value is -1.39. The van der Waals surface area contributed by atoms with Gasteiger partial charge in [-0.25, -0.2) is 0 Å². The molecule has 1 atom stereocenters. The summed E-state index contributed by atoms with van der Waals surface area (Å²) in [5.41, 5.74) is 7.88. The summed E-state index contributed by atoms with van der Waals surface area (Å²) in [5, 5.41) is 0. The fraction of sp³-hybridized carbons (Fsp3) is 0.500. The van der Waals surface area contributed by atoms with Crippen molar-refractivity contribution in [2.75, 3.05) is 38.1 Å². The molecule has 1 aromatic carbocycles. The van der Waals surface area contributed by atoms with Crippen molar-refractivity contribution in [2.24, 2.45) is 5.73 Å². The van der Waals surface area contributed by atoms with E-state index in [9.17, 15) is 4.79 Å². The third-order valence-electron chi connectivity index (χ3n) is 3.52. The molecule has 98 valence electrons. The molecule has 4 heteroatoms. The molecular weight excluding hydrogens is 226 g/mol. The lowest BCUT2D eigenvalue weighted by Crippen LogP contribution is -2.48. The van der Waals surface area contributed by atoms with E-state index in [1.807, 2.05) is 29.0 Å². The normalized spacial score (nSPS) is 19.1. The number of rotatable bonds is 3. The molecule has 2 rings (SSSR count). The van der Waals surface area contributed by atoms with Crippen LogP contribution in [0.5, 0.6) is 0 Å². The van der Waals surface area contributed by atoms with Crippen molar-refractivity contribution in [1.82, 2.24) is 4.90 Å². The van der Waals surface area contributed by atoms with Crippen LogP contribution in [0.25, 0.3) is 0 Å². The van der Waals surface area contributed by atoms with Crippen LogP contribution in [0, 0.1) is 0 Å². The van der Waals surface area contributed by atoms with Crippen LogP contribution in [0.15, 0.2) is 24.3 Å². The molecule has 0 radical (unpaired) electrons. The first-order chi connectivity index (χ1) is 8.61. The van der Waals surface area contributed by atoms with E-state index in [-0.39, 0.29) is 5.91 Å². The van der Waals surface area contributed by atoms with E-state index in [0.29, 0.717) is 19.0 Å². The number of carbonyl (C=O) groups excluding carboxylic acids is 1. The van der Waals surface area contributed by atoms with Crippen LogP contribution < -0.4 is 10.6 Å². The molecule has 1 unspecified atom stereocenters. The van der Waals surface area contributed by atoms with Gasteiger partial charge in [-0.2, -0.15) is 0 Å². The smallest absolute Gasteiger partial charge is 0.241 e. The first-order valence-electron chi connectivity index (χ1n) is 6.40. The molecule has 1 aliphatic rings. The van der Waals surface area contributed by atoms with Gasteiger partial charge >= 0.3 is 0 Å². The van der Waals surface area contributed by atoms with Crippen molar-refractivity contribution in [3.8, 4) is 0 Å². The number of amides is 1. The number of nitrogens with two attached hydrogens (primary N) is 1. The summed E-state index contributed by atoms with van der Waals surface area (Å²) in [7, 11) is 1.97. The number of carbonyl (C=O) groups is 1. The van der Waals surface area contributed by atoms with E-state index in [2.05, 4.69) is 19.1 Å². The zero-order chi connectivity index (χ0) is 13.1. The summed E-state index contributed by atoms with van der Waals surface area (Å²) in [4.78, 5) is 15.9. The molecular formula is C14H21N3O. The van der Waals surface area contributed by atoms with E-state index >= 15 is 0 Å². The number of hydrogen-bond acceptors (Lipinski definition) is 3. The van der Waals surface area contributed by atoms with Gasteiger partial charge in [0.25, 0.3) is 0 Å². The molecule has 1 fully saturated rings. The van der Waals surface area contributed by atoms with Crippen molar-refractivity contribution < 1.29 is 4.79 Å². The van der Waals surface area contributed by atoms with Crippen LogP contribution in [0.2, 0.25) is 0 Å². The van der Waals surface area contributed by atoms with Crippen LogP contribution in [0.4, 0.5) is 5.69 Å². The van der Waals surface area contributed by atoms with E-state index in [1.54, 1.807) is 0 Å². The third kappa shape index (κ3) is 2.71. The minimum Gasteiger partial charge on any atom is -0.330 e. The highest BCUT2D eigenvalue weighted by Gasteiger charge is 2.22. The summed E-state index contributed by atoms with van der Waals surface area (Å²) in [5.74, 6) is 0.494. The average Bonchev–Trinajstić information content (AvgIpc) is 2.38. The second kappa shape index (κ2) is 5.50. The van der Waals surface area contributed by atoms with Gasteiger partial charge < -0.3 is 10.6 Å². The molecule has 1 aliphatic heterocycles. The summed E-state index contributed by atoms with van der Waals surface area (Å²) >= 11 is 0. The largest absolute Gasteiger partial charge is 0.330 e. The highest BCUT2D eigenvalue weighted by atomic mass is 16.2. The maximum absolute atomic E-state index is 12.0. The fourth-order valence-electron chi connectivity index (χ4n) is 2.20. The van der Waals surface area contributed by atoms with Gasteiger partial charge in [-0.05, 0) is 37.2 Å². The first kappa shape index (κ1) is 13.1. The van der Waals surface area contributed by atoms with Crippen molar-refractivity contribution in [2.45, 2.75) is 12.8 Å². The zero-order valence-corrected chi connectivity index (χ0v) is 11.1. The molecule has 0 spiro atoms. The minimum atomic E-state index is 0.168. The maximum atomic E-state index is 12.0. The van der Waals surface area contributed by atoms with Crippen molar-refractivity contribution >= 4 is 11.6 Å². The van der Waals surface area contributed by atoms with Gasteiger partial charge in [-0.3, -0.25) is 9.69 Å². The predicted octanol–water partition coefficient (Wildman–Crippen LogP) is 1.03. The molecule has 1 aromatic rings. The van der Waals surface area contributed by atoms with Crippen LogP contribution in [-0.4, -0.2) is 44.0 Å². The van der Waals surface area contributed by atoms with Crippen molar-refractivity contribution in [3.63, 3.8) is 0 Å². The number of piperazine rings is 1. The standard InChI is InChI=1S/C14H21N3O/c1-11(9-15)12-4-3-5-13(8-12)17-7-6-16(2)10-14(17)18/h3-5,8,11H,6-7,9-10,15H2,1-2H3. The molecule has 0 saturated carbocycles. The van der Waals surface area contributed by atoms with Gasteiger partial charge in [0, 0.05) is 18.8 Å². The monoisotopic (exact) mass is 247 g/mol. The van der Waals surface area contributed by atoms with Crippen molar-refractivity contribution in [3.05, 3.63) is 29.8 Å². The zero-order valence-electron chi connectivity index (χ0n) is 11.1. The Morgan fingerprint density at radius 3 is 2.83 bits per heavy atom. The first-order valence-corrected chi connectivity index (χ1v) is 6.40. The lowest BCUT2D eigenvalue weighted by Gasteiger charge is -2.32.